The maximum Gasteiger partial charge on any atom is 0.248 e. The summed E-state index contributed by atoms with van der Waals surface area (Å²) in [7, 11) is 0. The van der Waals surface area contributed by atoms with Crippen molar-refractivity contribution >= 4 is 17.5 Å². The summed E-state index contributed by atoms with van der Waals surface area (Å²) in [5, 5.41) is 21.7. The second-order valence-corrected chi connectivity index (χ2v) is 9.77. The number of benzene rings is 3. The number of fused-ring (bicyclic) bond motifs is 1. The Morgan fingerprint density at radius 2 is 1.68 bits per heavy atom. The molecule has 4 aromatic rings. The second-order valence-electron chi connectivity index (χ2n) is 9.77. The lowest BCUT2D eigenvalue weighted by atomic mass is 10.0. The largest absolute Gasteiger partial charge is 0.438 e. The van der Waals surface area contributed by atoms with Crippen molar-refractivity contribution in [2.45, 2.75) is 33.4 Å². The highest BCUT2D eigenvalue weighted by molar-refractivity contribution is 5.92. The number of anilines is 2. The van der Waals surface area contributed by atoms with Gasteiger partial charge in [0.15, 0.2) is 0 Å². The van der Waals surface area contributed by atoms with E-state index in [9.17, 15) is 10.1 Å². The summed E-state index contributed by atoms with van der Waals surface area (Å²) in [6, 6.07) is 22.3. The molecule has 0 aliphatic carbocycles. The summed E-state index contributed by atoms with van der Waals surface area (Å²) >= 11 is 0. The predicted octanol–water partition coefficient (Wildman–Crippen LogP) is 5.03. The van der Waals surface area contributed by atoms with E-state index in [1.807, 2.05) is 38.1 Å². The maximum atomic E-state index is 11.4. The molecule has 1 aliphatic rings. The van der Waals surface area contributed by atoms with E-state index < -0.39 is 5.91 Å². The molecular formula is C31H27N7O2. The number of ether oxygens (including phenoxy) is 1. The summed E-state index contributed by atoms with van der Waals surface area (Å²) in [6.45, 7) is 5.86. The lowest BCUT2D eigenvalue weighted by molar-refractivity contribution is 0.1000. The van der Waals surface area contributed by atoms with Crippen LogP contribution in [0.2, 0.25) is 0 Å². The molecule has 0 bridgehead atoms. The average molecular weight is 530 g/mol. The third-order valence-electron chi connectivity index (χ3n) is 6.80. The van der Waals surface area contributed by atoms with Crippen molar-refractivity contribution < 1.29 is 9.53 Å². The van der Waals surface area contributed by atoms with Gasteiger partial charge in [-0.25, -0.2) is 4.98 Å². The van der Waals surface area contributed by atoms with Crippen molar-refractivity contribution in [1.82, 2.24) is 14.9 Å². The van der Waals surface area contributed by atoms with Gasteiger partial charge in [0.05, 0.1) is 34.5 Å². The molecule has 3 N–H and O–H groups in total. The van der Waals surface area contributed by atoms with E-state index in [2.05, 4.69) is 22.4 Å². The molecule has 1 amide bonds. The Balaban J connectivity index is 1.47. The zero-order valence-electron chi connectivity index (χ0n) is 22.2. The SMILES string of the molecule is Cc1cc(C#N)cc(C)c1Oc1nc(Nc2ccc(C#N)cc2)nc2c1CN(Cc1ccc(C(N)=O)cc1)CC2. The van der Waals surface area contributed by atoms with Gasteiger partial charge in [0.2, 0.25) is 17.7 Å². The van der Waals surface area contributed by atoms with Gasteiger partial charge < -0.3 is 15.8 Å². The molecule has 5 rings (SSSR count). The van der Waals surface area contributed by atoms with Crippen molar-refractivity contribution in [3.8, 4) is 23.8 Å². The number of carbonyl (C=O) groups is 1. The zero-order valence-corrected chi connectivity index (χ0v) is 22.2. The van der Waals surface area contributed by atoms with Crippen molar-refractivity contribution in [2.24, 2.45) is 5.73 Å². The minimum atomic E-state index is -0.448. The van der Waals surface area contributed by atoms with Gasteiger partial charge in [-0.1, -0.05) is 12.1 Å². The number of nitrogens with zero attached hydrogens (tertiary/aromatic N) is 5. The van der Waals surface area contributed by atoms with Crippen LogP contribution in [0.25, 0.3) is 0 Å². The van der Waals surface area contributed by atoms with Crippen LogP contribution in [0.3, 0.4) is 0 Å². The maximum absolute atomic E-state index is 11.4. The number of nitrogens with one attached hydrogen (secondary N) is 1. The van der Waals surface area contributed by atoms with Crippen LogP contribution in [0.1, 0.15) is 49.4 Å². The molecular weight excluding hydrogens is 502 g/mol. The molecule has 1 aliphatic heterocycles. The Labute approximate surface area is 232 Å². The van der Waals surface area contributed by atoms with Crippen LogP contribution in [-0.2, 0) is 19.5 Å². The molecule has 9 nitrogen and oxygen atoms in total. The molecule has 2 heterocycles. The fraction of sp³-hybridized carbons (Fsp3) is 0.194. The number of primary amides is 1. The molecule has 0 atom stereocenters. The first kappa shape index (κ1) is 26.4. The molecule has 0 saturated heterocycles. The molecule has 0 radical (unpaired) electrons. The van der Waals surface area contributed by atoms with Crippen LogP contribution in [-0.4, -0.2) is 27.3 Å². The number of amides is 1. The first-order valence-corrected chi connectivity index (χ1v) is 12.8. The summed E-state index contributed by atoms with van der Waals surface area (Å²) in [4.78, 5) is 23.3. The summed E-state index contributed by atoms with van der Waals surface area (Å²) in [6.07, 6.45) is 0.695. The number of hydrogen-bond donors (Lipinski definition) is 2. The van der Waals surface area contributed by atoms with Gasteiger partial charge in [0, 0.05) is 37.3 Å². The third-order valence-corrected chi connectivity index (χ3v) is 6.80. The lowest BCUT2D eigenvalue weighted by Gasteiger charge is -2.29. The summed E-state index contributed by atoms with van der Waals surface area (Å²) in [5.74, 6) is 1.06. The van der Waals surface area contributed by atoms with Gasteiger partial charge >= 0.3 is 0 Å². The first-order chi connectivity index (χ1) is 19.3. The Bertz CT molecular complexity index is 1640. The molecule has 3 aromatic carbocycles. The quantitative estimate of drug-likeness (QED) is 0.340. The van der Waals surface area contributed by atoms with Crippen molar-refractivity contribution in [3.05, 3.63) is 105 Å². The Kier molecular flexibility index (Phi) is 7.41. The highest BCUT2D eigenvalue weighted by atomic mass is 16.5. The van der Waals surface area contributed by atoms with E-state index in [0.29, 0.717) is 53.8 Å². The van der Waals surface area contributed by atoms with Crippen LogP contribution in [0, 0.1) is 36.5 Å². The molecule has 0 unspecified atom stereocenters. The Morgan fingerprint density at radius 1 is 1.00 bits per heavy atom. The van der Waals surface area contributed by atoms with E-state index in [1.165, 1.54) is 0 Å². The molecule has 40 heavy (non-hydrogen) atoms. The van der Waals surface area contributed by atoms with E-state index in [4.69, 9.17) is 25.7 Å². The van der Waals surface area contributed by atoms with Gasteiger partial charge in [-0.2, -0.15) is 15.5 Å². The number of rotatable bonds is 7. The minimum Gasteiger partial charge on any atom is -0.438 e. The average Bonchev–Trinajstić information content (AvgIpc) is 2.95. The number of aromatic nitrogens is 2. The molecule has 198 valence electrons. The minimum absolute atomic E-state index is 0.401. The fourth-order valence-electron chi connectivity index (χ4n) is 4.78. The van der Waals surface area contributed by atoms with Crippen molar-refractivity contribution in [2.75, 3.05) is 11.9 Å². The van der Waals surface area contributed by atoms with Crippen LogP contribution >= 0.6 is 0 Å². The number of hydrogen-bond acceptors (Lipinski definition) is 8. The molecule has 0 spiro atoms. The van der Waals surface area contributed by atoms with Crippen molar-refractivity contribution in [1.29, 1.82) is 10.5 Å². The smallest absolute Gasteiger partial charge is 0.248 e. The number of aryl methyl sites for hydroxylation is 2. The number of carbonyl (C=O) groups excluding carboxylic acids is 1. The summed E-state index contributed by atoms with van der Waals surface area (Å²) in [5.41, 5.74) is 12.3. The first-order valence-electron chi connectivity index (χ1n) is 12.8. The zero-order chi connectivity index (χ0) is 28.2. The number of nitrogens with two attached hydrogens (primary N) is 1. The van der Waals surface area contributed by atoms with E-state index >= 15 is 0 Å². The van der Waals surface area contributed by atoms with E-state index in [0.717, 1.165) is 40.2 Å². The topological polar surface area (TPSA) is 141 Å². The molecule has 0 saturated carbocycles. The fourth-order valence-corrected chi connectivity index (χ4v) is 4.78. The summed E-state index contributed by atoms with van der Waals surface area (Å²) < 4.78 is 6.47. The Hall–Kier alpha value is -5.25. The molecule has 9 heteroatoms. The van der Waals surface area contributed by atoms with Gasteiger partial charge in [-0.3, -0.25) is 9.69 Å². The standard InChI is InChI=1S/C31H27N7O2/c1-19-13-23(16-33)14-20(2)28(19)40-30-26-18-38(17-22-3-7-24(8-4-22)29(34)39)12-11-27(26)36-31(37-30)35-25-9-5-21(15-32)6-10-25/h3-10,13-14H,11-12,17-18H2,1-2H3,(H2,34,39)(H,35,36,37). The van der Waals surface area contributed by atoms with Gasteiger partial charge in [0.1, 0.15) is 5.75 Å². The van der Waals surface area contributed by atoms with Crippen LogP contribution < -0.4 is 15.8 Å². The van der Waals surface area contributed by atoms with Crippen LogP contribution in [0.15, 0.2) is 60.7 Å². The van der Waals surface area contributed by atoms with Crippen LogP contribution in [0.4, 0.5) is 11.6 Å². The van der Waals surface area contributed by atoms with E-state index in [1.54, 1.807) is 36.4 Å². The monoisotopic (exact) mass is 529 g/mol. The molecule has 0 fully saturated rings. The van der Waals surface area contributed by atoms with E-state index in [-0.39, 0.29) is 0 Å². The van der Waals surface area contributed by atoms with Crippen LogP contribution in [0.5, 0.6) is 11.6 Å². The highest BCUT2D eigenvalue weighted by Gasteiger charge is 2.25. The predicted molar refractivity (Wildman–Crippen MR) is 150 cm³/mol. The number of nitriles is 2. The third kappa shape index (κ3) is 5.75. The Morgan fingerprint density at radius 3 is 2.30 bits per heavy atom. The van der Waals surface area contributed by atoms with Crippen molar-refractivity contribution in [3.63, 3.8) is 0 Å². The highest BCUT2D eigenvalue weighted by Crippen LogP contribution is 2.35. The lowest BCUT2D eigenvalue weighted by Crippen LogP contribution is -2.31. The van der Waals surface area contributed by atoms with Gasteiger partial charge in [-0.05, 0) is 79.1 Å². The van der Waals surface area contributed by atoms with Gasteiger partial charge in [0.25, 0.3) is 0 Å². The molecule has 1 aromatic heterocycles. The van der Waals surface area contributed by atoms with Gasteiger partial charge in [-0.15, -0.1) is 0 Å². The second kappa shape index (κ2) is 11.2. The normalized spacial score (nSPS) is 12.6.